The second-order valence-electron chi connectivity index (χ2n) is 2.89. The summed E-state index contributed by atoms with van der Waals surface area (Å²) < 4.78 is 0. The van der Waals surface area contributed by atoms with Crippen LogP contribution in [0.15, 0.2) is 0 Å². The molecular weight excluding hydrogens is 288 g/mol. The van der Waals surface area contributed by atoms with Crippen molar-refractivity contribution < 1.29 is 102 Å². The number of halogens is 1. The monoisotopic (exact) mass is 303 g/mol. The Hall–Kier alpha value is 1.11. The number of hydrogen-bond donors (Lipinski definition) is 4. The fraction of sp³-hybridized carbons (Fsp3) is 0.750. The van der Waals surface area contributed by atoms with E-state index in [4.69, 9.17) is 21.1 Å². The number of aliphatic carboxylic acids is 2. The van der Waals surface area contributed by atoms with Gasteiger partial charge in [0, 0.05) is 12.5 Å². The molecule has 0 aliphatic carbocycles. The van der Waals surface area contributed by atoms with Gasteiger partial charge in [0.1, 0.15) is 0 Å². The molecule has 2 atom stereocenters. The van der Waals surface area contributed by atoms with E-state index in [1.54, 1.807) is 0 Å². The number of carbonyl (C=O) groups is 2. The van der Waals surface area contributed by atoms with Crippen molar-refractivity contribution in [2.75, 3.05) is 6.61 Å². The Balaban J connectivity index is -0.0000000621. The first-order chi connectivity index (χ1) is 6.81. The Bertz CT molecular complexity index is 208. The summed E-state index contributed by atoms with van der Waals surface area (Å²) >= 11 is 0. The fourth-order valence-corrected chi connectivity index (χ4v) is 0.397. The average Bonchev–Trinajstić information content (AvgIpc) is 2.14. The number of hydrogen-bond acceptors (Lipinski definition) is 6. The summed E-state index contributed by atoms with van der Waals surface area (Å²) in [6.07, 6.45) is -0.887. The van der Waals surface area contributed by atoms with Crippen molar-refractivity contribution in [3.05, 3.63) is 0 Å². The van der Waals surface area contributed by atoms with Crippen LogP contribution < -0.4 is 82.4 Å². The van der Waals surface area contributed by atoms with Crippen molar-refractivity contribution >= 4 is 11.9 Å². The Morgan fingerprint density at radius 2 is 1.67 bits per heavy atom. The number of rotatable bonds is 5. The van der Waals surface area contributed by atoms with E-state index in [-0.39, 0.29) is 91.0 Å². The van der Waals surface area contributed by atoms with Gasteiger partial charge in [0.15, 0.2) is 0 Å². The van der Waals surface area contributed by atoms with Gasteiger partial charge in [0.25, 0.3) is 0 Å². The molecule has 0 rings (SSSR count). The van der Waals surface area contributed by atoms with Crippen molar-refractivity contribution in [3.8, 4) is 0 Å². The maximum Gasteiger partial charge on any atom is 1.00 e. The molecular formula is C8H16ClNNa2O6. The van der Waals surface area contributed by atoms with Crippen LogP contribution in [-0.4, -0.2) is 46.0 Å². The number of aliphatic hydroxyl groups excluding tert-OH is 2. The standard InChI is InChI=1S/C5H9NO4.C3H8O2.ClH.2Na/c6-3(5(9)10)1-2-4(7)8;1-3(5)2-4;;;/h3H,1-2,6H2,(H,7,8)(H,9,10);3-5H,2H2,1H3;1H;;/q;;;2*+1/p-2/t3-;;;;/m0..../s1. The third-order valence-electron chi connectivity index (χ3n) is 1.24. The summed E-state index contributed by atoms with van der Waals surface area (Å²) in [6.45, 7) is 1.39. The van der Waals surface area contributed by atoms with Gasteiger partial charge in [0.2, 0.25) is 0 Å². The first-order valence-electron chi connectivity index (χ1n) is 4.28. The van der Waals surface area contributed by atoms with Crippen LogP contribution >= 0.6 is 0 Å². The Labute approximate surface area is 156 Å². The van der Waals surface area contributed by atoms with Gasteiger partial charge in [-0.1, -0.05) is 0 Å². The molecule has 0 aliphatic heterocycles. The van der Waals surface area contributed by atoms with Crippen LogP contribution in [0.2, 0.25) is 0 Å². The minimum absolute atomic E-state index is 0. The molecule has 5 N–H and O–H groups in total. The van der Waals surface area contributed by atoms with Gasteiger partial charge >= 0.3 is 65.1 Å². The summed E-state index contributed by atoms with van der Waals surface area (Å²) in [5.74, 6) is -2.47. The number of carbonyl (C=O) groups excluding carboxylic acids is 1. The van der Waals surface area contributed by atoms with Crippen molar-refractivity contribution in [2.45, 2.75) is 31.9 Å². The molecule has 0 heterocycles. The first kappa shape index (κ1) is 31.5. The molecule has 0 saturated heterocycles. The van der Waals surface area contributed by atoms with Crippen LogP contribution in [0.4, 0.5) is 0 Å². The number of carboxylic acids is 2. The molecule has 0 bridgehead atoms. The van der Waals surface area contributed by atoms with Crippen molar-refractivity contribution in [1.29, 1.82) is 0 Å². The SMILES string of the molecule is CC(O)CO.N[C@@H](CCC(=O)O)C(=O)[O-].[Cl-].[Na+].[Na+]. The van der Waals surface area contributed by atoms with E-state index in [0.717, 1.165) is 0 Å². The zero-order valence-corrected chi connectivity index (χ0v) is 15.6. The van der Waals surface area contributed by atoms with Gasteiger partial charge in [-0.25, -0.2) is 0 Å². The van der Waals surface area contributed by atoms with Gasteiger partial charge in [0.05, 0.1) is 18.7 Å². The molecule has 0 aromatic carbocycles. The van der Waals surface area contributed by atoms with Crippen LogP contribution in [0.25, 0.3) is 0 Å². The second-order valence-corrected chi connectivity index (χ2v) is 2.89. The van der Waals surface area contributed by atoms with Gasteiger partial charge in [-0.3, -0.25) is 4.79 Å². The van der Waals surface area contributed by atoms with Crippen LogP contribution in [0.3, 0.4) is 0 Å². The van der Waals surface area contributed by atoms with E-state index in [0.29, 0.717) is 0 Å². The van der Waals surface area contributed by atoms with Gasteiger partial charge in [-0.2, -0.15) is 0 Å². The van der Waals surface area contributed by atoms with Crippen molar-refractivity contribution in [2.24, 2.45) is 5.73 Å². The average molecular weight is 304 g/mol. The van der Waals surface area contributed by atoms with Gasteiger partial charge < -0.3 is 43.4 Å². The molecule has 0 aromatic heterocycles. The molecule has 0 radical (unpaired) electrons. The van der Waals surface area contributed by atoms with E-state index in [1.165, 1.54) is 6.92 Å². The third-order valence-corrected chi connectivity index (χ3v) is 1.24. The van der Waals surface area contributed by atoms with Crippen LogP contribution in [0.5, 0.6) is 0 Å². The fourth-order valence-electron chi connectivity index (χ4n) is 0.397. The molecule has 0 saturated carbocycles. The van der Waals surface area contributed by atoms with Gasteiger partial charge in [-0.05, 0) is 13.3 Å². The molecule has 98 valence electrons. The normalized spacial score (nSPS) is 11.1. The summed E-state index contributed by atoms with van der Waals surface area (Å²) in [7, 11) is 0. The topological polar surface area (TPSA) is 144 Å². The molecule has 10 heteroatoms. The second kappa shape index (κ2) is 20.4. The van der Waals surface area contributed by atoms with E-state index < -0.39 is 24.1 Å². The smallest absolute Gasteiger partial charge is 1.00 e. The quantitative estimate of drug-likeness (QED) is 0.369. The molecule has 0 aliphatic rings. The molecule has 0 fully saturated rings. The van der Waals surface area contributed by atoms with E-state index >= 15 is 0 Å². The number of aliphatic hydroxyl groups is 2. The minimum atomic E-state index is -1.42. The summed E-state index contributed by atoms with van der Waals surface area (Å²) in [4.78, 5) is 19.7. The van der Waals surface area contributed by atoms with E-state index in [2.05, 4.69) is 0 Å². The van der Waals surface area contributed by atoms with Gasteiger partial charge in [-0.15, -0.1) is 0 Å². The Kier molecular flexibility index (Phi) is 35.7. The Morgan fingerprint density at radius 1 is 1.33 bits per heavy atom. The third kappa shape index (κ3) is 30.3. The molecule has 18 heavy (non-hydrogen) atoms. The minimum Gasteiger partial charge on any atom is -1.00 e. The van der Waals surface area contributed by atoms with Crippen LogP contribution in [0.1, 0.15) is 19.8 Å². The predicted octanol–water partition coefficient (Wildman–Crippen LogP) is -11.7. The zero-order valence-electron chi connectivity index (χ0n) is 10.8. The van der Waals surface area contributed by atoms with E-state index in [1.807, 2.05) is 0 Å². The van der Waals surface area contributed by atoms with E-state index in [9.17, 15) is 14.7 Å². The summed E-state index contributed by atoms with van der Waals surface area (Å²) in [5, 5.41) is 34.0. The molecule has 0 aromatic rings. The predicted molar refractivity (Wildman–Crippen MR) is 48.6 cm³/mol. The Morgan fingerprint density at radius 3 is 1.83 bits per heavy atom. The maximum absolute atomic E-state index is 9.88. The van der Waals surface area contributed by atoms with Crippen molar-refractivity contribution in [3.63, 3.8) is 0 Å². The number of carboxylic acid groups (broad SMARTS) is 2. The summed E-state index contributed by atoms with van der Waals surface area (Å²) in [5.41, 5.74) is 4.94. The van der Waals surface area contributed by atoms with Crippen LogP contribution in [-0.2, 0) is 9.59 Å². The first-order valence-corrected chi connectivity index (χ1v) is 4.28. The maximum atomic E-state index is 9.88. The summed E-state index contributed by atoms with van der Waals surface area (Å²) in [6, 6.07) is -1.17. The molecule has 0 amide bonds. The van der Waals surface area contributed by atoms with Crippen LogP contribution in [0, 0.1) is 0 Å². The zero-order chi connectivity index (χ0) is 12.4. The number of nitrogens with two attached hydrogens (primary N) is 1. The molecule has 7 nitrogen and oxygen atoms in total. The molecule has 1 unspecified atom stereocenters. The van der Waals surface area contributed by atoms with Crippen molar-refractivity contribution in [1.82, 2.24) is 0 Å². The molecule has 0 spiro atoms. The largest absolute Gasteiger partial charge is 1.00 e.